The molecule has 480 valence electrons. The normalized spacial score (nSPS) is 13.3. The van der Waals surface area contributed by atoms with E-state index in [0.29, 0.717) is 5.82 Å². The number of aromatic nitrogens is 3. The van der Waals surface area contributed by atoms with E-state index in [4.69, 9.17) is 15.0 Å². The summed E-state index contributed by atoms with van der Waals surface area (Å²) < 4.78 is 0. The van der Waals surface area contributed by atoms with E-state index >= 15 is 0 Å². The predicted octanol–water partition coefficient (Wildman–Crippen LogP) is 25.4. The van der Waals surface area contributed by atoms with Crippen LogP contribution in [-0.2, 0) is 10.8 Å². The Morgan fingerprint density at radius 1 is 0.173 bits per heavy atom. The fourth-order valence-electron chi connectivity index (χ4n) is 18.6. The number of rotatable bonds is 8. The van der Waals surface area contributed by atoms with Crippen LogP contribution in [0.25, 0.3) is 167 Å². The first-order valence-electron chi connectivity index (χ1n) is 36.0. The van der Waals surface area contributed by atoms with Crippen LogP contribution in [0.5, 0.6) is 0 Å². The molecule has 4 aliphatic rings. The summed E-state index contributed by atoms with van der Waals surface area (Å²) in [5, 5.41) is 4.26. The van der Waals surface area contributed by atoms with Crippen molar-refractivity contribution in [2.45, 2.75) is 10.8 Å². The van der Waals surface area contributed by atoms with Crippen LogP contribution in [0, 0.1) is 0 Å². The number of benzene rings is 16. The van der Waals surface area contributed by atoms with Gasteiger partial charge in [0.15, 0.2) is 5.82 Å². The van der Waals surface area contributed by atoms with Gasteiger partial charge in [0.05, 0.1) is 33.3 Å². The molecular weight excluding hydrogens is 1260 g/mol. The second-order valence-electron chi connectivity index (χ2n) is 28.3. The smallest absolute Gasteiger partial charge is 0.160 e. The second kappa shape index (κ2) is 22.5. The lowest BCUT2D eigenvalue weighted by molar-refractivity contribution is 0.794. The molecule has 3 heteroatoms. The summed E-state index contributed by atoms with van der Waals surface area (Å²) in [6, 6.07) is 137. The third kappa shape index (κ3) is 8.38. The molecule has 0 N–H and O–H groups in total. The van der Waals surface area contributed by atoms with Gasteiger partial charge in [-0.15, -0.1) is 0 Å². The maximum Gasteiger partial charge on any atom is 0.160 e. The molecule has 0 saturated carbocycles. The maximum atomic E-state index is 6.01. The molecule has 18 aromatic rings. The standard InChI is InChI=1S/C101H61N3/c1-5-25-62(26-6-1)71-54-73-53-69(49-50-74(73)83(56-71)63-27-7-2-8-28-63)97-86-58-72(66-47-51-81-79-37-17-23-43-91(79)100(93(81)59-66)87-39-19-13-33-75(87)76-34-14-20-40-88(76)100)57-85(67-48-52-82-80-38-18-24-44-92(80)101(94(82)60-67)89-41-21-15-35-77(89)78-36-16-22-42-90(78)101)98(86)104-99(103-97)70-46-45-68-55-84(64-29-9-3-10-30-64)96(102-95(68)61-70)65-31-11-4-12-32-65/h1-61H. The lowest BCUT2D eigenvalue weighted by atomic mass is 9.70. The van der Waals surface area contributed by atoms with Crippen molar-refractivity contribution in [3.05, 3.63) is 415 Å². The molecule has 0 atom stereocenters. The van der Waals surface area contributed by atoms with Gasteiger partial charge < -0.3 is 0 Å². The third-order valence-corrected chi connectivity index (χ3v) is 23.1. The van der Waals surface area contributed by atoms with E-state index < -0.39 is 10.8 Å². The van der Waals surface area contributed by atoms with Crippen molar-refractivity contribution >= 4 is 32.6 Å². The topological polar surface area (TPSA) is 38.7 Å². The van der Waals surface area contributed by atoms with Crippen molar-refractivity contribution in [2.24, 2.45) is 0 Å². The molecule has 0 radical (unpaired) electrons. The minimum Gasteiger partial charge on any atom is -0.247 e. The van der Waals surface area contributed by atoms with Crippen LogP contribution >= 0.6 is 0 Å². The number of hydrogen-bond acceptors (Lipinski definition) is 3. The molecule has 0 saturated heterocycles. The predicted molar refractivity (Wildman–Crippen MR) is 428 cm³/mol. The van der Waals surface area contributed by atoms with Crippen molar-refractivity contribution < 1.29 is 0 Å². The van der Waals surface area contributed by atoms with Crippen LogP contribution in [0.3, 0.4) is 0 Å². The summed E-state index contributed by atoms with van der Waals surface area (Å²) >= 11 is 0. The Morgan fingerprint density at radius 3 is 1.11 bits per heavy atom. The summed E-state index contributed by atoms with van der Waals surface area (Å²) in [4.78, 5) is 17.6. The second-order valence-corrected chi connectivity index (χ2v) is 28.3. The van der Waals surface area contributed by atoms with Crippen LogP contribution in [0.2, 0.25) is 0 Å². The summed E-state index contributed by atoms with van der Waals surface area (Å²) in [6.45, 7) is 0. The average molecular weight is 1320 g/mol. The lowest BCUT2D eigenvalue weighted by Crippen LogP contribution is -2.25. The molecule has 22 rings (SSSR count). The Morgan fingerprint density at radius 2 is 0.577 bits per heavy atom. The van der Waals surface area contributed by atoms with Gasteiger partial charge in [-0.05, 0) is 199 Å². The van der Waals surface area contributed by atoms with Crippen LogP contribution in [-0.4, -0.2) is 15.0 Å². The highest BCUT2D eigenvalue weighted by atomic mass is 14.9. The first kappa shape index (κ1) is 58.3. The zero-order chi connectivity index (χ0) is 68.2. The molecule has 0 fully saturated rings. The monoisotopic (exact) mass is 1320 g/mol. The van der Waals surface area contributed by atoms with Gasteiger partial charge in [-0.1, -0.05) is 315 Å². The van der Waals surface area contributed by atoms with E-state index in [9.17, 15) is 0 Å². The number of nitrogens with zero attached hydrogens (tertiary/aromatic N) is 3. The molecule has 0 unspecified atom stereocenters. The van der Waals surface area contributed by atoms with Crippen molar-refractivity contribution in [1.82, 2.24) is 15.0 Å². The van der Waals surface area contributed by atoms with E-state index in [-0.39, 0.29) is 0 Å². The van der Waals surface area contributed by atoms with Crippen molar-refractivity contribution in [3.63, 3.8) is 0 Å². The van der Waals surface area contributed by atoms with E-state index in [1.165, 1.54) is 94.6 Å². The Balaban J connectivity index is 0.842. The van der Waals surface area contributed by atoms with Crippen molar-refractivity contribution in [1.29, 1.82) is 0 Å². The molecule has 2 aromatic heterocycles. The zero-order valence-electron chi connectivity index (χ0n) is 56.6. The molecule has 2 heterocycles. The van der Waals surface area contributed by atoms with Gasteiger partial charge in [-0.2, -0.15) is 0 Å². The highest BCUT2D eigenvalue weighted by Gasteiger charge is 2.53. The number of hydrogen-bond donors (Lipinski definition) is 0. The van der Waals surface area contributed by atoms with E-state index in [1.807, 2.05) is 0 Å². The number of pyridine rings is 1. The SMILES string of the molecule is c1ccc(-c2cc(-c3ccccc3)c3ccc(-c4nc(-c5ccc6cc(-c7ccccc7)c(-c7ccccc7)nc6c5)nc5c(-c6ccc7c(c6)C6(c8ccccc8-c8ccccc86)c6ccccc6-7)cc(-c6ccc7c(c6)C6(c8ccccc8-c8ccccc86)c6ccccc6-7)cc45)cc3c2)cc1. The van der Waals surface area contributed by atoms with Crippen molar-refractivity contribution in [3.8, 4) is 134 Å². The fraction of sp³-hybridized carbons (Fsp3) is 0.0198. The minimum absolute atomic E-state index is 0.545. The van der Waals surface area contributed by atoms with Gasteiger partial charge in [-0.3, -0.25) is 0 Å². The Kier molecular flexibility index (Phi) is 12.6. The van der Waals surface area contributed by atoms with Gasteiger partial charge in [0.2, 0.25) is 0 Å². The highest BCUT2D eigenvalue weighted by Crippen LogP contribution is 2.65. The van der Waals surface area contributed by atoms with Gasteiger partial charge in [0.1, 0.15) is 0 Å². The Bertz CT molecular complexity index is 6520. The summed E-state index contributed by atoms with van der Waals surface area (Å²) in [7, 11) is 0. The molecule has 16 aromatic carbocycles. The third-order valence-electron chi connectivity index (χ3n) is 23.1. The Labute approximate surface area is 603 Å². The lowest BCUT2D eigenvalue weighted by Gasteiger charge is -2.31. The molecule has 2 spiro atoms. The van der Waals surface area contributed by atoms with Gasteiger partial charge in [0, 0.05) is 38.6 Å². The van der Waals surface area contributed by atoms with Gasteiger partial charge in [-0.25, -0.2) is 15.0 Å². The molecule has 4 aliphatic carbocycles. The van der Waals surface area contributed by atoms with Crippen LogP contribution < -0.4 is 0 Å². The molecule has 3 nitrogen and oxygen atoms in total. The zero-order valence-corrected chi connectivity index (χ0v) is 56.6. The molecule has 0 bridgehead atoms. The minimum atomic E-state index is -0.579. The van der Waals surface area contributed by atoms with E-state index in [1.54, 1.807) is 0 Å². The average Bonchev–Trinajstić information content (AvgIpc) is 1.51. The maximum absolute atomic E-state index is 6.01. The van der Waals surface area contributed by atoms with Crippen molar-refractivity contribution in [2.75, 3.05) is 0 Å². The summed E-state index contributed by atoms with van der Waals surface area (Å²) in [5.74, 6) is 0.612. The quantitative estimate of drug-likeness (QED) is 0.152. The summed E-state index contributed by atoms with van der Waals surface area (Å²) in [6.07, 6.45) is 0. The van der Waals surface area contributed by atoms with Crippen LogP contribution in [0.4, 0.5) is 0 Å². The Hall–Kier alpha value is -13.5. The summed E-state index contributed by atoms with van der Waals surface area (Å²) in [5.41, 5.74) is 36.9. The largest absolute Gasteiger partial charge is 0.247 e. The molecule has 104 heavy (non-hydrogen) atoms. The first-order valence-corrected chi connectivity index (χ1v) is 36.0. The van der Waals surface area contributed by atoms with E-state index in [2.05, 4.69) is 370 Å². The molecule has 0 amide bonds. The molecule has 0 aliphatic heterocycles. The number of fused-ring (bicyclic) bond motifs is 23. The van der Waals surface area contributed by atoms with Crippen LogP contribution in [0.1, 0.15) is 44.5 Å². The fourth-order valence-corrected chi connectivity index (χ4v) is 18.6. The van der Waals surface area contributed by atoms with Crippen LogP contribution in [0.15, 0.2) is 370 Å². The van der Waals surface area contributed by atoms with E-state index in [0.717, 1.165) is 111 Å². The van der Waals surface area contributed by atoms with Gasteiger partial charge in [0.25, 0.3) is 0 Å². The highest BCUT2D eigenvalue weighted by molar-refractivity contribution is 6.09. The van der Waals surface area contributed by atoms with Gasteiger partial charge >= 0.3 is 0 Å². The first-order chi connectivity index (χ1) is 51.5. The molecular formula is C101H61N3.